The molecule has 0 saturated heterocycles. The number of benzene rings is 2. The van der Waals surface area contributed by atoms with Crippen LogP contribution in [0.15, 0.2) is 65.8 Å². The topological polar surface area (TPSA) is 46.4 Å². The Balaban J connectivity index is 1.60. The highest BCUT2D eigenvalue weighted by atomic mass is 16.2. The Morgan fingerprint density at radius 2 is 1.73 bits per heavy atom. The van der Waals surface area contributed by atoms with Crippen LogP contribution in [0, 0.1) is 13.8 Å². The molecule has 1 N–H and O–H groups in total. The van der Waals surface area contributed by atoms with Gasteiger partial charge in [0.05, 0.1) is 11.3 Å². The smallest absolute Gasteiger partial charge is 0.273 e. The number of para-hydroxylation sites is 1. The van der Waals surface area contributed by atoms with Gasteiger partial charge in [0.2, 0.25) is 0 Å². The average Bonchev–Trinajstić information content (AvgIpc) is 3.21. The molecule has 1 aliphatic carbocycles. The molecule has 1 heterocycles. The Bertz CT molecular complexity index is 999. The van der Waals surface area contributed by atoms with Gasteiger partial charge in [-0.2, -0.15) is 5.10 Å². The summed E-state index contributed by atoms with van der Waals surface area (Å²) in [5.74, 6) is -0.169. The molecule has 4 nitrogen and oxygen atoms in total. The minimum absolute atomic E-state index is 0.169. The summed E-state index contributed by atoms with van der Waals surface area (Å²) in [5.41, 5.74) is 9.78. The maximum absolute atomic E-state index is 12.7. The number of carbonyl (C=O) groups is 1. The first-order chi connectivity index (χ1) is 12.6. The summed E-state index contributed by atoms with van der Waals surface area (Å²) in [5, 5.41) is 4.40. The number of nitrogens with one attached hydrogen (secondary N) is 1. The van der Waals surface area contributed by atoms with Crippen LogP contribution in [0.1, 0.15) is 39.3 Å². The standard InChI is InChI=1S/C22H21N3O/c1-15-14-20(16(2)25(15)18-9-4-3-5-10-18)22(26)24-23-21-13-12-17-8-6-7-11-19(17)21/h3-11,14H,12-13H2,1-2H3,(H,24,26)/b23-21-. The van der Waals surface area contributed by atoms with Crippen LogP contribution in [0.4, 0.5) is 0 Å². The van der Waals surface area contributed by atoms with Crippen molar-refractivity contribution in [2.24, 2.45) is 5.10 Å². The Kier molecular flexibility index (Phi) is 4.17. The van der Waals surface area contributed by atoms with E-state index in [0.717, 1.165) is 41.2 Å². The van der Waals surface area contributed by atoms with Gasteiger partial charge in [0, 0.05) is 22.6 Å². The van der Waals surface area contributed by atoms with Gasteiger partial charge in [-0.05, 0) is 50.5 Å². The van der Waals surface area contributed by atoms with Gasteiger partial charge < -0.3 is 4.57 Å². The second-order valence-corrected chi connectivity index (χ2v) is 6.61. The van der Waals surface area contributed by atoms with Crippen molar-refractivity contribution in [3.63, 3.8) is 0 Å². The number of aryl methyl sites for hydroxylation is 2. The number of nitrogens with zero attached hydrogens (tertiary/aromatic N) is 2. The fourth-order valence-electron chi connectivity index (χ4n) is 3.67. The molecule has 0 aliphatic heterocycles. The largest absolute Gasteiger partial charge is 0.318 e. The zero-order valence-corrected chi connectivity index (χ0v) is 15.0. The zero-order valence-electron chi connectivity index (χ0n) is 15.0. The molecule has 2 aromatic carbocycles. The molecule has 1 aromatic heterocycles. The van der Waals surface area contributed by atoms with Crippen molar-refractivity contribution in [3.05, 3.63) is 88.7 Å². The van der Waals surface area contributed by atoms with E-state index >= 15 is 0 Å². The lowest BCUT2D eigenvalue weighted by Gasteiger charge is -2.09. The number of hydrogen-bond donors (Lipinski definition) is 1. The second-order valence-electron chi connectivity index (χ2n) is 6.61. The highest BCUT2D eigenvalue weighted by Gasteiger charge is 2.19. The molecule has 0 fully saturated rings. The summed E-state index contributed by atoms with van der Waals surface area (Å²) in [6.07, 6.45) is 1.84. The van der Waals surface area contributed by atoms with Crippen molar-refractivity contribution in [2.75, 3.05) is 0 Å². The van der Waals surface area contributed by atoms with Crippen LogP contribution >= 0.6 is 0 Å². The van der Waals surface area contributed by atoms with Gasteiger partial charge in [0.25, 0.3) is 5.91 Å². The molecule has 4 rings (SSSR count). The number of amides is 1. The molecule has 4 heteroatoms. The molecule has 0 unspecified atom stereocenters. The minimum Gasteiger partial charge on any atom is -0.318 e. The fourth-order valence-corrected chi connectivity index (χ4v) is 3.67. The van der Waals surface area contributed by atoms with E-state index in [0.29, 0.717) is 5.56 Å². The maximum atomic E-state index is 12.7. The van der Waals surface area contributed by atoms with Crippen molar-refractivity contribution < 1.29 is 4.79 Å². The molecule has 1 amide bonds. The summed E-state index contributed by atoms with van der Waals surface area (Å²) in [7, 11) is 0. The number of hydrazone groups is 1. The summed E-state index contributed by atoms with van der Waals surface area (Å²) >= 11 is 0. The Morgan fingerprint density at radius 1 is 1.00 bits per heavy atom. The second kappa shape index (κ2) is 6.64. The van der Waals surface area contributed by atoms with Gasteiger partial charge in [-0.15, -0.1) is 0 Å². The Hall–Kier alpha value is -3.14. The highest BCUT2D eigenvalue weighted by molar-refractivity contribution is 6.05. The summed E-state index contributed by atoms with van der Waals surface area (Å²) < 4.78 is 2.09. The molecule has 3 aromatic rings. The van der Waals surface area contributed by atoms with Gasteiger partial charge in [0.1, 0.15) is 0 Å². The molecule has 0 radical (unpaired) electrons. The number of aromatic nitrogens is 1. The molecular weight excluding hydrogens is 322 g/mol. The molecule has 0 bridgehead atoms. The lowest BCUT2D eigenvalue weighted by Crippen LogP contribution is -2.20. The van der Waals surface area contributed by atoms with Crippen LogP contribution in [0.2, 0.25) is 0 Å². The molecule has 0 spiro atoms. The van der Waals surface area contributed by atoms with Gasteiger partial charge >= 0.3 is 0 Å². The molecule has 130 valence electrons. The van der Waals surface area contributed by atoms with Crippen molar-refractivity contribution in [1.29, 1.82) is 0 Å². The number of carbonyl (C=O) groups excluding carboxylic acids is 1. The number of hydrogen-bond acceptors (Lipinski definition) is 2. The molecule has 26 heavy (non-hydrogen) atoms. The molecular formula is C22H21N3O. The van der Waals surface area contributed by atoms with Crippen molar-refractivity contribution in [1.82, 2.24) is 9.99 Å². The normalized spacial score (nSPS) is 14.5. The Labute approximate surface area is 153 Å². The first-order valence-corrected chi connectivity index (χ1v) is 8.84. The number of rotatable bonds is 3. The highest BCUT2D eigenvalue weighted by Crippen LogP contribution is 2.23. The van der Waals surface area contributed by atoms with Crippen LogP contribution in [-0.2, 0) is 6.42 Å². The number of fused-ring (bicyclic) bond motifs is 1. The third kappa shape index (κ3) is 2.84. The summed E-state index contributed by atoms with van der Waals surface area (Å²) in [6, 6.07) is 20.2. The quantitative estimate of drug-likeness (QED) is 0.713. The van der Waals surface area contributed by atoms with E-state index in [4.69, 9.17) is 0 Å². The Morgan fingerprint density at radius 3 is 2.54 bits per heavy atom. The average molecular weight is 343 g/mol. The third-order valence-electron chi connectivity index (χ3n) is 4.94. The van der Waals surface area contributed by atoms with E-state index in [-0.39, 0.29) is 5.91 Å². The summed E-state index contributed by atoms with van der Waals surface area (Å²) in [6.45, 7) is 3.98. The van der Waals surface area contributed by atoms with Crippen molar-refractivity contribution in [2.45, 2.75) is 26.7 Å². The predicted molar refractivity (Wildman–Crippen MR) is 104 cm³/mol. The molecule has 0 atom stereocenters. The predicted octanol–water partition coefficient (Wildman–Crippen LogP) is 4.17. The first-order valence-electron chi connectivity index (χ1n) is 8.84. The van der Waals surface area contributed by atoms with E-state index in [1.54, 1.807) is 0 Å². The van der Waals surface area contributed by atoms with Crippen LogP contribution in [-0.4, -0.2) is 16.2 Å². The van der Waals surface area contributed by atoms with Crippen molar-refractivity contribution >= 4 is 11.6 Å². The van der Waals surface area contributed by atoms with Crippen LogP contribution < -0.4 is 5.43 Å². The molecule has 0 saturated carbocycles. The first kappa shape index (κ1) is 16.3. The van der Waals surface area contributed by atoms with E-state index in [1.165, 1.54) is 5.56 Å². The van der Waals surface area contributed by atoms with E-state index in [9.17, 15) is 4.79 Å². The van der Waals surface area contributed by atoms with Crippen LogP contribution in [0.3, 0.4) is 0 Å². The van der Waals surface area contributed by atoms with Crippen LogP contribution in [0.5, 0.6) is 0 Å². The van der Waals surface area contributed by atoms with E-state index in [1.807, 2.05) is 62.4 Å². The third-order valence-corrected chi connectivity index (χ3v) is 4.94. The fraction of sp³-hybridized carbons (Fsp3) is 0.182. The lowest BCUT2D eigenvalue weighted by molar-refractivity contribution is 0.0954. The monoisotopic (exact) mass is 343 g/mol. The van der Waals surface area contributed by atoms with Crippen molar-refractivity contribution in [3.8, 4) is 5.69 Å². The zero-order chi connectivity index (χ0) is 18.1. The minimum atomic E-state index is -0.169. The summed E-state index contributed by atoms with van der Waals surface area (Å²) in [4.78, 5) is 12.7. The van der Waals surface area contributed by atoms with Gasteiger partial charge in [0.15, 0.2) is 0 Å². The van der Waals surface area contributed by atoms with Crippen LogP contribution in [0.25, 0.3) is 5.69 Å². The SMILES string of the molecule is Cc1cc(C(=O)N/N=C2/CCc3ccccc32)c(C)n1-c1ccccc1. The van der Waals surface area contributed by atoms with E-state index < -0.39 is 0 Å². The lowest BCUT2D eigenvalue weighted by atomic mass is 10.1. The van der Waals surface area contributed by atoms with E-state index in [2.05, 4.69) is 27.2 Å². The maximum Gasteiger partial charge on any atom is 0.273 e. The van der Waals surface area contributed by atoms with Gasteiger partial charge in [-0.3, -0.25) is 4.79 Å². The molecule has 1 aliphatic rings. The van der Waals surface area contributed by atoms with Gasteiger partial charge in [-0.1, -0.05) is 42.5 Å². The van der Waals surface area contributed by atoms with Gasteiger partial charge in [-0.25, -0.2) is 5.43 Å².